The fraction of sp³-hybridized carbons (Fsp3) is 0.100. The normalized spacial score (nSPS) is 11.8. The Labute approximate surface area is 107 Å². The molecule has 0 fully saturated rings. The molecule has 0 aliphatic rings. The first-order valence-electron chi connectivity index (χ1n) is 4.61. The van der Waals surface area contributed by atoms with Crippen LogP contribution in [-0.4, -0.2) is 10.3 Å². The van der Waals surface area contributed by atoms with Gasteiger partial charge in [0.05, 0.1) is 10.0 Å². The monoisotopic (exact) mass is 322 g/mol. The molecule has 2 aromatic rings. The average Bonchev–Trinajstić information content (AvgIpc) is 2.67. The molecule has 0 radical (unpaired) electrons. The maximum Gasteiger partial charge on any atom is 0.417 e. The Morgan fingerprint density at radius 1 is 1.28 bits per heavy atom. The summed E-state index contributed by atoms with van der Waals surface area (Å²) in [6.07, 6.45) is -4.62. The van der Waals surface area contributed by atoms with Crippen LogP contribution in [0.15, 0.2) is 27.2 Å². The van der Waals surface area contributed by atoms with Gasteiger partial charge in [0.2, 0.25) is 5.88 Å². The molecule has 0 aliphatic carbocycles. The number of nitrogens with two attached hydrogens (primary N) is 1. The molecule has 0 atom stereocenters. The van der Waals surface area contributed by atoms with Crippen molar-refractivity contribution >= 4 is 21.8 Å². The van der Waals surface area contributed by atoms with Crippen LogP contribution in [0.3, 0.4) is 0 Å². The minimum absolute atomic E-state index is 0.0551. The van der Waals surface area contributed by atoms with Crippen LogP contribution < -0.4 is 5.73 Å². The van der Waals surface area contributed by atoms with E-state index in [2.05, 4.69) is 25.6 Å². The van der Waals surface area contributed by atoms with Gasteiger partial charge in [0.25, 0.3) is 0 Å². The number of nitrogens with zero attached hydrogens (tertiary/aromatic N) is 1. The molecule has 0 bridgehead atoms. The van der Waals surface area contributed by atoms with Crippen molar-refractivity contribution in [2.24, 2.45) is 0 Å². The van der Waals surface area contributed by atoms with Crippen LogP contribution in [-0.2, 0) is 6.18 Å². The molecule has 1 aromatic carbocycles. The minimum atomic E-state index is -4.62. The molecule has 2 rings (SSSR count). The zero-order chi connectivity index (χ0) is 13.5. The molecular formula is C10H6BrF3N2O2. The highest BCUT2D eigenvalue weighted by Crippen LogP contribution is 2.41. The van der Waals surface area contributed by atoms with Crippen LogP contribution in [0.1, 0.15) is 5.56 Å². The van der Waals surface area contributed by atoms with Crippen molar-refractivity contribution in [2.75, 3.05) is 5.73 Å². The van der Waals surface area contributed by atoms with Crippen molar-refractivity contribution in [3.63, 3.8) is 0 Å². The molecule has 1 aromatic heterocycles. The summed E-state index contributed by atoms with van der Waals surface area (Å²) < 4.78 is 43.2. The second kappa shape index (κ2) is 4.20. The van der Waals surface area contributed by atoms with Crippen molar-refractivity contribution in [3.05, 3.63) is 28.2 Å². The molecule has 0 spiro atoms. The first-order valence-corrected chi connectivity index (χ1v) is 5.40. The van der Waals surface area contributed by atoms with Crippen molar-refractivity contribution < 1.29 is 22.8 Å². The predicted molar refractivity (Wildman–Crippen MR) is 60.7 cm³/mol. The summed E-state index contributed by atoms with van der Waals surface area (Å²) in [6, 6.07) is 2.90. The highest BCUT2D eigenvalue weighted by atomic mass is 79.9. The van der Waals surface area contributed by atoms with Crippen molar-refractivity contribution in [3.8, 4) is 17.0 Å². The third kappa shape index (κ3) is 2.28. The maximum absolute atomic E-state index is 12.8. The molecular weight excluding hydrogens is 317 g/mol. The van der Waals surface area contributed by atoms with Crippen LogP contribution >= 0.6 is 15.9 Å². The maximum atomic E-state index is 12.8. The van der Waals surface area contributed by atoms with Crippen molar-refractivity contribution in [1.29, 1.82) is 0 Å². The molecule has 0 amide bonds. The van der Waals surface area contributed by atoms with Crippen LogP contribution in [0, 0.1) is 0 Å². The molecule has 3 N–H and O–H groups in total. The lowest BCUT2D eigenvalue weighted by molar-refractivity contribution is -0.137. The number of phenols is 1. The third-order valence-electron chi connectivity index (χ3n) is 2.20. The number of alkyl halides is 3. The van der Waals surface area contributed by atoms with Gasteiger partial charge in [-0.3, -0.25) is 0 Å². The topological polar surface area (TPSA) is 72.3 Å². The molecule has 0 saturated heterocycles. The number of hydrogen-bond donors (Lipinski definition) is 2. The number of aromatic nitrogens is 1. The van der Waals surface area contributed by atoms with Crippen LogP contribution in [0.5, 0.6) is 5.75 Å². The summed E-state index contributed by atoms with van der Waals surface area (Å²) in [5, 5.41) is 12.8. The first kappa shape index (κ1) is 12.7. The number of hydrogen-bond acceptors (Lipinski definition) is 4. The van der Waals surface area contributed by atoms with Gasteiger partial charge < -0.3 is 15.4 Å². The van der Waals surface area contributed by atoms with E-state index in [4.69, 9.17) is 5.73 Å². The van der Waals surface area contributed by atoms with E-state index in [9.17, 15) is 18.3 Å². The summed E-state index contributed by atoms with van der Waals surface area (Å²) in [6.45, 7) is 0. The molecule has 0 aliphatic heterocycles. The number of nitrogen functional groups attached to an aromatic ring is 1. The van der Waals surface area contributed by atoms with E-state index in [1.165, 1.54) is 6.07 Å². The van der Waals surface area contributed by atoms with Gasteiger partial charge >= 0.3 is 6.18 Å². The quantitative estimate of drug-likeness (QED) is 0.843. The van der Waals surface area contributed by atoms with Gasteiger partial charge in [-0.1, -0.05) is 5.16 Å². The Hall–Kier alpha value is -1.70. The standard InChI is InChI=1S/C10H6BrF3N2O2/c11-6-1-4(7-3-9(15)18-16-7)5(2-8(6)17)10(12,13)14/h1-3,17H,15H2. The van der Waals surface area contributed by atoms with E-state index < -0.39 is 17.5 Å². The Balaban J connectivity index is 2.69. The molecule has 18 heavy (non-hydrogen) atoms. The van der Waals surface area contributed by atoms with Crippen LogP contribution in [0.25, 0.3) is 11.3 Å². The summed E-state index contributed by atoms with van der Waals surface area (Å²) in [5.74, 6) is -0.607. The van der Waals surface area contributed by atoms with Crippen molar-refractivity contribution in [1.82, 2.24) is 5.16 Å². The number of halogens is 4. The smallest absolute Gasteiger partial charge is 0.417 e. The molecule has 4 nitrogen and oxygen atoms in total. The van der Waals surface area contributed by atoms with Gasteiger partial charge in [-0.15, -0.1) is 0 Å². The summed E-state index contributed by atoms with van der Waals surface area (Å²) in [4.78, 5) is 0. The second-order valence-corrected chi connectivity index (χ2v) is 4.32. The first-order chi connectivity index (χ1) is 8.29. The van der Waals surface area contributed by atoms with Gasteiger partial charge in [-0.05, 0) is 28.1 Å². The van der Waals surface area contributed by atoms with Gasteiger partial charge in [-0.2, -0.15) is 13.2 Å². The summed E-state index contributed by atoms with van der Waals surface area (Å²) >= 11 is 2.94. The van der Waals surface area contributed by atoms with Gasteiger partial charge in [-0.25, -0.2) is 0 Å². The molecule has 0 saturated carbocycles. The molecule has 96 valence electrons. The number of anilines is 1. The average molecular weight is 323 g/mol. The Morgan fingerprint density at radius 2 is 1.94 bits per heavy atom. The Bertz CT molecular complexity index is 595. The van der Waals surface area contributed by atoms with Crippen LogP contribution in [0.2, 0.25) is 0 Å². The molecule has 1 heterocycles. The number of aromatic hydroxyl groups is 1. The fourth-order valence-corrected chi connectivity index (χ4v) is 1.77. The molecule has 0 unspecified atom stereocenters. The van der Waals surface area contributed by atoms with E-state index in [-0.39, 0.29) is 21.6 Å². The highest BCUT2D eigenvalue weighted by Gasteiger charge is 2.35. The number of rotatable bonds is 1. The van der Waals surface area contributed by atoms with Gasteiger partial charge in [0, 0.05) is 11.6 Å². The van der Waals surface area contributed by atoms with Gasteiger partial charge in [0.1, 0.15) is 11.4 Å². The number of phenolic OH excluding ortho intramolecular Hbond substituents is 1. The van der Waals surface area contributed by atoms with E-state index in [1.54, 1.807) is 0 Å². The Morgan fingerprint density at radius 3 is 2.44 bits per heavy atom. The van der Waals surface area contributed by atoms with E-state index >= 15 is 0 Å². The zero-order valence-corrected chi connectivity index (χ0v) is 10.2. The SMILES string of the molecule is Nc1cc(-c2cc(Br)c(O)cc2C(F)(F)F)no1. The lowest BCUT2D eigenvalue weighted by Gasteiger charge is -2.12. The predicted octanol–water partition coefficient (Wildman–Crippen LogP) is 3.41. The fourth-order valence-electron chi connectivity index (χ4n) is 1.42. The second-order valence-electron chi connectivity index (χ2n) is 3.46. The lowest BCUT2D eigenvalue weighted by atomic mass is 10.0. The van der Waals surface area contributed by atoms with E-state index in [0.29, 0.717) is 6.07 Å². The largest absolute Gasteiger partial charge is 0.507 e. The van der Waals surface area contributed by atoms with E-state index in [1.807, 2.05) is 0 Å². The summed E-state index contributed by atoms with van der Waals surface area (Å²) in [5.41, 5.74) is 3.97. The third-order valence-corrected chi connectivity index (χ3v) is 2.83. The Kier molecular flexibility index (Phi) is 2.97. The zero-order valence-electron chi connectivity index (χ0n) is 8.62. The highest BCUT2D eigenvalue weighted by molar-refractivity contribution is 9.10. The summed E-state index contributed by atoms with van der Waals surface area (Å²) in [7, 11) is 0. The number of benzene rings is 1. The van der Waals surface area contributed by atoms with Gasteiger partial charge in [0.15, 0.2) is 0 Å². The minimum Gasteiger partial charge on any atom is -0.507 e. The van der Waals surface area contributed by atoms with Crippen LogP contribution in [0.4, 0.5) is 19.1 Å². The van der Waals surface area contributed by atoms with E-state index in [0.717, 1.165) is 6.07 Å². The lowest BCUT2D eigenvalue weighted by Crippen LogP contribution is -2.07. The van der Waals surface area contributed by atoms with Crippen molar-refractivity contribution in [2.45, 2.75) is 6.18 Å². The molecule has 8 heteroatoms.